The van der Waals surface area contributed by atoms with Crippen molar-refractivity contribution in [1.82, 2.24) is 0 Å². The number of phenolic OH excluding ortho intramolecular Hbond substituents is 1. The summed E-state index contributed by atoms with van der Waals surface area (Å²) >= 11 is 0. The van der Waals surface area contributed by atoms with Gasteiger partial charge in [0, 0.05) is 10.8 Å². The van der Waals surface area contributed by atoms with E-state index in [4.69, 9.17) is 9.15 Å². The van der Waals surface area contributed by atoms with Crippen LogP contribution in [-0.2, 0) is 0 Å². The van der Waals surface area contributed by atoms with Gasteiger partial charge in [0.15, 0.2) is 22.7 Å². The van der Waals surface area contributed by atoms with E-state index in [0.717, 1.165) is 10.8 Å². The maximum atomic E-state index is 9.70. The summed E-state index contributed by atoms with van der Waals surface area (Å²) in [5.74, 6) is 0.823. The number of hydrogen-bond acceptors (Lipinski definition) is 3. The van der Waals surface area contributed by atoms with Crippen molar-refractivity contribution in [3.05, 3.63) is 36.4 Å². The minimum absolute atomic E-state index is 0.149. The molecule has 1 aromatic heterocycles. The Morgan fingerprint density at radius 1 is 1.00 bits per heavy atom. The Balaban J connectivity index is 2.55. The van der Waals surface area contributed by atoms with E-state index >= 15 is 0 Å². The SMILES string of the molecule is COc1cccc2c1oc1c(O)cccc12. The van der Waals surface area contributed by atoms with Crippen LogP contribution in [0.25, 0.3) is 21.9 Å². The summed E-state index contributed by atoms with van der Waals surface area (Å²) < 4.78 is 10.9. The lowest BCUT2D eigenvalue weighted by atomic mass is 10.1. The molecule has 0 saturated heterocycles. The summed E-state index contributed by atoms with van der Waals surface area (Å²) in [5.41, 5.74) is 1.17. The van der Waals surface area contributed by atoms with Gasteiger partial charge in [-0.05, 0) is 12.1 Å². The molecule has 0 spiro atoms. The standard InChI is InChI=1S/C13H10O3/c1-15-11-7-3-5-9-8-4-2-6-10(14)12(8)16-13(9)11/h2-7,14H,1H3. The van der Waals surface area contributed by atoms with Crippen LogP contribution < -0.4 is 4.74 Å². The molecule has 0 bridgehead atoms. The van der Waals surface area contributed by atoms with Crippen molar-refractivity contribution in [1.29, 1.82) is 0 Å². The molecule has 16 heavy (non-hydrogen) atoms. The van der Waals surface area contributed by atoms with E-state index in [1.165, 1.54) is 0 Å². The fourth-order valence-electron chi connectivity index (χ4n) is 1.94. The molecule has 2 aromatic carbocycles. The van der Waals surface area contributed by atoms with Gasteiger partial charge in [-0.15, -0.1) is 0 Å². The van der Waals surface area contributed by atoms with E-state index in [2.05, 4.69) is 0 Å². The van der Waals surface area contributed by atoms with E-state index in [1.807, 2.05) is 24.3 Å². The van der Waals surface area contributed by atoms with Crippen LogP contribution in [0.4, 0.5) is 0 Å². The fraction of sp³-hybridized carbons (Fsp3) is 0.0769. The number of aromatic hydroxyl groups is 1. The third kappa shape index (κ3) is 1.08. The highest BCUT2D eigenvalue weighted by Gasteiger charge is 2.12. The molecule has 3 aromatic rings. The molecule has 3 heteroatoms. The maximum absolute atomic E-state index is 9.70. The Morgan fingerprint density at radius 2 is 1.69 bits per heavy atom. The van der Waals surface area contributed by atoms with Crippen molar-refractivity contribution in [2.24, 2.45) is 0 Å². The summed E-state index contributed by atoms with van der Waals surface area (Å²) in [6.45, 7) is 0. The molecule has 0 radical (unpaired) electrons. The monoisotopic (exact) mass is 214 g/mol. The Morgan fingerprint density at radius 3 is 2.44 bits per heavy atom. The van der Waals surface area contributed by atoms with Crippen LogP contribution in [0.1, 0.15) is 0 Å². The number of furan rings is 1. The topological polar surface area (TPSA) is 42.6 Å². The molecule has 0 fully saturated rings. The number of rotatable bonds is 1. The maximum Gasteiger partial charge on any atom is 0.177 e. The number of para-hydroxylation sites is 2. The van der Waals surface area contributed by atoms with Crippen LogP contribution in [0.2, 0.25) is 0 Å². The lowest BCUT2D eigenvalue weighted by Gasteiger charge is -1.98. The smallest absolute Gasteiger partial charge is 0.177 e. The molecular weight excluding hydrogens is 204 g/mol. The summed E-state index contributed by atoms with van der Waals surface area (Å²) in [4.78, 5) is 0. The minimum Gasteiger partial charge on any atom is -0.504 e. The summed E-state index contributed by atoms with van der Waals surface area (Å²) in [5, 5.41) is 11.5. The summed E-state index contributed by atoms with van der Waals surface area (Å²) in [7, 11) is 1.60. The van der Waals surface area contributed by atoms with Gasteiger partial charge in [0.1, 0.15) is 0 Å². The van der Waals surface area contributed by atoms with Crippen molar-refractivity contribution in [2.45, 2.75) is 0 Å². The van der Waals surface area contributed by atoms with Gasteiger partial charge < -0.3 is 14.3 Å². The molecule has 1 N–H and O–H groups in total. The Bertz CT molecular complexity index is 667. The van der Waals surface area contributed by atoms with Gasteiger partial charge in [-0.3, -0.25) is 0 Å². The number of benzene rings is 2. The molecular formula is C13H10O3. The number of fused-ring (bicyclic) bond motifs is 3. The van der Waals surface area contributed by atoms with Crippen LogP contribution in [0.5, 0.6) is 11.5 Å². The normalized spacial score (nSPS) is 11.1. The van der Waals surface area contributed by atoms with Gasteiger partial charge in [0.2, 0.25) is 0 Å². The van der Waals surface area contributed by atoms with E-state index < -0.39 is 0 Å². The Kier molecular flexibility index (Phi) is 1.80. The lowest BCUT2D eigenvalue weighted by Crippen LogP contribution is -1.81. The molecule has 0 aliphatic carbocycles. The highest BCUT2D eigenvalue weighted by atomic mass is 16.5. The predicted octanol–water partition coefficient (Wildman–Crippen LogP) is 3.30. The van der Waals surface area contributed by atoms with Gasteiger partial charge in [-0.25, -0.2) is 0 Å². The summed E-state index contributed by atoms with van der Waals surface area (Å²) in [6.07, 6.45) is 0. The average molecular weight is 214 g/mol. The van der Waals surface area contributed by atoms with E-state index in [9.17, 15) is 5.11 Å². The third-order valence-corrected chi connectivity index (χ3v) is 2.69. The molecule has 0 saturated carbocycles. The zero-order valence-corrected chi connectivity index (χ0v) is 8.73. The predicted molar refractivity (Wildman–Crippen MR) is 61.9 cm³/mol. The second kappa shape index (κ2) is 3.17. The first-order valence-corrected chi connectivity index (χ1v) is 4.98. The lowest BCUT2D eigenvalue weighted by molar-refractivity contribution is 0.411. The van der Waals surface area contributed by atoms with Crippen LogP contribution >= 0.6 is 0 Å². The second-order valence-corrected chi connectivity index (χ2v) is 3.59. The molecule has 0 amide bonds. The summed E-state index contributed by atoms with van der Waals surface area (Å²) in [6, 6.07) is 11.0. The quantitative estimate of drug-likeness (QED) is 0.675. The van der Waals surface area contributed by atoms with Crippen LogP contribution in [0.15, 0.2) is 40.8 Å². The number of ether oxygens (including phenoxy) is 1. The third-order valence-electron chi connectivity index (χ3n) is 2.69. The first-order chi connectivity index (χ1) is 7.81. The molecule has 0 atom stereocenters. The van der Waals surface area contributed by atoms with E-state index in [0.29, 0.717) is 16.9 Å². The largest absolute Gasteiger partial charge is 0.504 e. The van der Waals surface area contributed by atoms with Crippen LogP contribution in [-0.4, -0.2) is 12.2 Å². The highest BCUT2D eigenvalue weighted by Crippen LogP contribution is 2.37. The van der Waals surface area contributed by atoms with E-state index in [-0.39, 0.29) is 5.75 Å². The van der Waals surface area contributed by atoms with Gasteiger partial charge in [0.25, 0.3) is 0 Å². The van der Waals surface area contributed by atoms with Gasteiger partial charge in [-0.1, -0.05) is 24.3 Å². The van der Waals surface area contributed by atoms with Crippen molar-refractivity contribution in [3.8, 4) is 11.5 Å². The van der Waals surface area contributed by atoms with Gasteiger partial charge >= 0.3 is 0 Å². The first-order valence-electron chi connectivity index (χ1n) is 4.98. The number of methoxy groups -OCH3 is 1. The second-order valence-electron chi connectivity index (χ2n) is 3.59. The average Bonchev–Trinajstić information content (AvgIpc) is 2.69. The first kappa shape index (κ1) is 9.09. The minimum atomic E-state index is 0.149. The van der Waals surface area contributed by atoms with Crippen molar-refractivity contribution in [2.75, 3.05) is 7.11 Å². The van der Waals surface area contributed by atoms with Gasteiger partial charge in [-0.2, -0.15) is 0 Å². The van der Waals surface area contributed by atoms with Gasteiger partial charge in [0.05, 0.1) is 7.11 Å². The molecule has 3 nitrogen and oxygen atoms in total. The van der Waals surface area contributed by atoms with E-state index in [1.54, 1.807) is 19.2 Å². The molecule has 80 valence electrons. The number of hydrogen-bond donors (Lipinski definition) is 1. The fourth-order valence-corrected chi connectivity index (χ4v) is 1.94. The zero-order valence-electron chi connectivity index (χ0n) is 8.73. The van der Waals surface area contributed by atoms with Crippen molar-refractivity contribution >= 4 is 21.9 Å². The highest BCUT2D eigenvalue weighted by molar-refractivity contribution is 6.08. The molecule has 0 aliphatic rings. The number of phenols is 1. The molecule has 0 aliphatic heterocycles. The Hall–Kier alpha value is -2.16. The zero-order chi connectivity index (χ0) is 11.1. The molecule has 1 heterocycles. The van der Waals surface area contributed by atoms with Crippen molar-refractivity contribution in [3.63, 3.8) is 0 Å². The Labute approximate surface area is 91.9 Å². The van der Waals surface area contributed by atoms with Crippen LogP contribution in [0.3, 0.4) is 0 Å². The molecule has 0 unspecified atom stereocenters. The molecule has 3 rings (SSSR count). The van der Waals surface area contributed by atoms with Crippen LogP contribution in [0, 0.1) is 0 Å². The van der Waals surface area contributed by atoms with Crippen molar-refractivity contribution < 1.29 is 14.3 Å².